The predicted molar refractivity (Wildman–Crippen MR) is 60.0 cm³/mol. The molecule has 0 bridgehead atoms. The summed E-state index contributed by atoms with van der Waals surface area (Å²) in [6.45, 7) is 6.11. The van der Waals surface area contributed by atoms with Crippen LogP contribution in [0.15, 0.2) is 12.1 Å². The predicted octanol–water partition coefficient (Wildman–Crippen LogP) is 1.95. The summed E-state index contributed by atoms with van der Waals surface area (Å²) in [5.41, 5.74) is 3.41. The van der Waals surface area contributed by atoms with Gasteiger partial charge in [-0.1, -0.05) is 6.07 Å². The minimum absolute atomic E-state index is 0.0321. The summed E-state index contributed by atoms with van der Waals surface area (Å²) >= 11 is 0. The van der Waals surface area contributed by atoms with Crippen molar-refractivity contribution in [2.24, 2.45) is 0 Å². The van der Waals surface area contributed by atoms with Gasteiger partial charge in [0.15, 0.2) is 0 Å². The van der Waals surface area contributed by atoms with Crippen molar-refractivity contribution in [2.45, 2.75) is 27.3 Å². The van der Waals surface area contributed by atoms with E-state index in [1.807, 2.05) is 26.0 Å². The molecular formula is C12H17NO2. The number of amides is 1. The summed E-state index contributed by atoms with van der Waals surface area (Å²) in [5, 5.41) is 2.76. The molecule has 0 heterocycles. The van der Waals surface area contributed by atoms with Crippen molar-refractivity contribution in [1.82, 2.24) is 5.32 Å². The maximum atomic E-state index is 10.8. The number of carbonyl (C=O) groups excluding carboxylic acids is 1. The van der Waals surface area contributed by atoms with Crippen LogP contribution in [0.25, 0.3) is 0 Å². The normalized spacial score (nSPS) is 9.87. The summed E-state index contributed by atoms with van der Waals surface area (Å²) in [5.74, 6) is 0.794. The molecule has 1 rings (SSSR count). The molecule has 0 aliphatic carbocycles. The Kier molecular flexibility index (Phi) is 3.72. The Morgan fingerprint density at radius 3 is 2.47 bits per heavy atom. The Hall–Kier alpha value is -1.51. The molecule has 1 amide bonds. The van der Waals surface area contributed by atoms with Gasteiger partial charge in [0.2, 0.25) is 5.91 Å². The van der Waals surface area contributed by atoms with Gasteiger partial charge in [-0.15, -0.1) is 0 Å². The lowest BCUT2D eigenvalue weighted by atomic mass is 10.0. The van der Waals surface area contributed by atoms with Crippen molar-refractivity contribution in [2.75, 3.05) is 7.11 Å². The molecule has 0 unspecified atom stereocenters. The van der Waals surface area contributed by atoms with E-state index in [-0.39, 0.29) is 5.91 Å². The highest BCUT2D eigenvalue weighted by Crippen LogP contribution is 2.22. The van der Waals surface area contributed by atoms with Crippen LogP contribution in [-0.2, 0) is 11.3 Å². The number of rotatable bonds is 3. The van der Waals surface area contributed by atoms with Crippen molar-refractivity contribution in [3.63, 3.8) is 0 Å². The lowest BCUT2D eigenvalue weighted by Crippen LogP contribution is -2.19. The highest BCUT2D eigenvalue weighted by atomic mass is 16.5. The first-order valence-corrected chi connectivity index (χ1v) is 4.93. The van der Waals surface area contributed by atoms with Crippen LogP contribution in [0.3, 0.4) is 0 Å². The van der Waals surface area contributed by atoms with Crippen LogP contribution in [0.1, 0.15) is 23.6 Å². The topological polar surface area (TPSA) is 38.3 Å². The quantitative estimate of drug-likeness (QED) is 0.822. The van der Waals surface area contributed by atoms with Gasteiger partial charge in [0.25, 0.3) is 0 Å². The molecule has 1 aromatic rings. The van der Waals surface area contributed by atoms with E-state index in [4.69, 9.17) is 4.74 Å². The standard InChI is InChI=1S/C12H17NO2/c1-8-5-11(7-13-10(3)14)12(15-4)6-9(8)2/h5-6H,7H2,1-4H3,(H,13,14). The van der Waals surface area contributed by atoms with Crippen LogP contribution >= 0.6 is 0 Å². The summed E-state index contributed by atoms with van der Waals surface area (Å²) in [7, 11) is 1.64. The van der Waals surface area contributed by atoms with Gasteiger partial charge in [-0.05, 0) is 31.0 Å². The number of nitrogens with one attached hydrogen (secondary N) is 1. The molecule has 0 radical (unpaired) electrons. The molecule has 0 spiro atoms. The highest BCUT2D eigenvalue weighted by molar-refractivity contribution is 5.72. The third-order valence-electron chi connectivity index (χ3n) is 2.42. The second-order valence-electron chi connectivity index (χ2n) is 3.66. The minimum atomic E-state index is -0.0321. The average molecular weight is 207 g/mol. The first kappa shape index (κ1) is 11.6. The first-order chi connectivity index (χ1) is 7.04. The van der Waals surface area contributed by atoms with Gasteiger partial charge in [0, 0.05) is 19.0 Å². The summed E-state index contributed by atoms with van der Waals surface area (Å²) < 4.78 is 5.26. The van der Waals surface area contributed by atoms with E-state index in [9.17, 15) is 4.79 Å². The molecule has 3 heteroatoms. The van der Waals surface area contributed by atoms with Crippen LogP contribution in [-0.4, -0.2) is 13.0 Å². The van der Waals surface area contributed by atoms with Gasteiger partial charge in [-0.25, -0.2) is 0 Å². The SMILES string of the molecule is COc1cc(C)c(C)cc1CNC(C)=O. The Bertz CT molecular complexity index is 372. The zero-order chi connectivity index (χ0) is 11.4. The van der Waals surface area contributed by atoms with Crippen molar-refractivity contribution >= 4 is 5.91 Å². The van der Waals surface area contributed by atoms with E-state index in [0.29, 0.717) is 6.54 Å². The van der Waals surface area contributed by atoms with Gasteiger partial charge >= 0.3 is 0 Å². The molecule has 3 nitrogen and oxygen atoms in total. The maximum absolute atomic E-state index is 10.8. The third kappa shape index (κ3) is 2.98. The van der Waals surface area contributed by atoms with Crippen molar-refractivity contribution in [3.8, 4) is 5.75 Å². The molecule has 0 aliphatic rings. The largest absolute Gasteiger partial charge is 0.496 e. The van der Waals surface area contributed by atoms with Gasteiger partial charge in [-0.3, -0.25) is 4.79 Å². The number of hydrogen-bond acceptors (Lipinski definition) is 2. The fourth-order valence-electron chi connectivity index (χ4n) is 1.40. The van der Waals surface area contributed by atoms with Crippen LogP contribution in [0.5, 0.6) is 5.75 Å². The van der Waals surface area contributed by atoms with Gasteiger partial charge in [0.05, 0.1) is 7.11 Å². The zero-order valence-electron chi connectivity index (χ0n) is 9.68. The van der Waals surface area contributed by atoms with Crippen LogP contribution in [0.4, 0.5) is 0 Å². The fourth-order valence-corrected chi connectivity index (χ4v) is 1.40. The molecule has 15 heavy (non-hydrogen) atoms. The molecule has 0 aromatic heterocycles. The van der Waals surface area contributed by atoms with Crippen molar-refractivity contribution in [1.29, 1.82) is 0 Å². The number of benzene rings is 1. The van der Waals surface area contributed by atoms with Crippen molar-refractivity contribution < 1.29 is 9.53 Å². The van der Waals surface area contributed by atoms with Crippen molar-refractivity contribution in [3.05, 3.63) is 28.8 Å². The number of ether oxygens (including phenoxy) is 1. The van der Waals surface area contributed by atoms with Gasteiger partial charge in [-0.2, -0.15) is 0 Å². The summed E-state index contributed by atoms with van der Waals surface area (Å²) in [6.07, 6.45) is 0. The van der Waals surface area contributed by atoms with E-state index < -0.39 is 0 Å². The summed E-state index contributed by atoms with van der Waals surface area (Å²) in [6, 6.07) is 4.04. The Morgan fingerprint density at radius 1 is 1.33 bits per heavy atom. The molecule has 1 aromatic carbocycles. The van der Waals surface area contributed by atoms with E-state index in [2.05, 4.69) is 5.32 Å². The lowest BCUT2D eigenvalue weighted by molar-refractivity contribution is -0.119. The van der Waals surface area contributed by atoms with Gasteiger partial charge in [0.1, 0.15) is 5.75 Å². The second kappa shape index (κ2) is 4.82. The zero-order valence-corrected chi connectivity index (χ0v) is 9.68. The minimum Gasteiger partial charge on any atom is -0.496 e. The average Bonchev–Trinajstić information content (AvgIpc) is 2.19. The molecule has 0 atom stereocenters. The van der Waals surface area contributed by atoms with Crippen LogP contribution < -0.4 is 10.1 Å². The van der Waals surface area contributed by atoms with E-state index >= 15 is 0 Å². The fraction of sp³-hybridized carbons (Fsp3) is 0.417. The molecule has 82 valence electrons. The van der Waals surface area contributed by atoms with E-state index in [1.54, 1.807) is 7.11 Å². The molecule has 1 N–H and O–H groups in total. The molecule has 0 saturated carbocycles. The number of aryl methyl sites for hydroxylation is 2. The highest BCUT2D eigenvalue weighted by Gasteiger charge is 2.05. The van der Waals surface area contributed by atoms with E-state index in [0.717, 1.165) is 11.3 Å². The molecular weight excluding hydrogens is 190 g/mol. The van der Waals surface area contributed by atoms with E-state index in [1.165, 1.54) is 18.1 Å². The smallest absolute Gasteiger partial charge is 0.217 e. The van der Waals surface area contributed by atoms with Gasteiger partial charge < -0.3 is 10.1 Å². The maximum Gasteiger partial charge on any atom is 0.217 e. The Balaban J connectivity index is 2.94. The van der Waals surface area contributed by atoms with Crippen LogP contribution in [0, 0.1) is 13.8 Å². The first-order valence-electron chi connectivity index (χ1n) is 4.93. The third-order valence-corrected chi connectivity index (χ3v) is 2.42. The number of hydrogen-bond donors (Lipinski definition) is 1. The second-order valence-corrected chi connectivity index (χ2v) is 3.66. The number of methoxy groups -OCH3 is 1. The molecule has 0 saturated heterocycles. The Morgan fingerprint density at radius 2 is 1.93 bits per heavy atom. The lowest BCUT2D eigenvalue weighted by Gasteiger charge is -2.11. The number of carbonyl (C=O) groups is 1. The molecule has 0 fully saturated rings. The Labute approximate surface area is 90.4 Å². The molecule has 0 aliphatic heterocycles. The summed E-state index contributed by atoms with van der Waals surface area (Å²) in [4.78, 5) is 10.8. The monoisotopic (exact) mass is 207 g/mol. The van der Waals surface area contributed by atoms with Crippen LogP contribution in [0.2, 0.25) is 0 Å².